The highest BCUT2D eigenvalue weighted by atomic mass is 16.3. The number of nitrogens with zero attached hydrogens (tertiary/aromatic N) is 1. The zero-order valence-corrected chi connectivity index (χ0v) is 5.00. The molecule has 46 valence electrons. The fraction of sp³-hybridized carbons (Fsp3) is 0.800. The second kappa shape index (κ2) is 3.29. The van der Waals surface area contributed by atoms with E-state index in [0.717, 1.165) is 0 Å². The Kier molecular flexibility index (Phi) is 2.99. The number of nitroso groups, excluding NO2 is 1. The molecule has 3 heteroatoms. The third-order valence-corrected chi connectivity index (χ3v) is 0.944. The molecular formula is C5H9NO2. The molecule has 0 spiro atoms. The van der Waals surface area contributed by atoms with Crippen LogP contribution in [-0.4, -0.2) is 12.3 Å². The minimum absolute atomic E-state index is 0.0324. The molecule has 0 aromatic heterocycles. The third-order valence-electron chi connectivity index (χ3n) is 0.944. The monoisotopic (exact) mass is 115 g/mol. The van der Waals surface area contributed by atoms with Crippen LogP contribution >= 0.6 is 0 Å². The number of hydrogen-bond donors (Lipinski definition) is 0. The average Bonchev–Trinajstić information content (AvgIpc) is 1.69. The standard InChI is InChI=1S/C5H9NO2/c1-4(2)5(3-7)6-8/h3-5H,1-2H3. The van der Waals surface area contributed by atoms with Gasteiger partial charge in [-0.05, 0) is 5.92 Å². The Bertz CT molecular complexity index is 82.4. The van der Waals surface area contributed by atoms with E-state index in [2.05, 4.69) is 5.18 Å². The second-order valence-electron chi connectivity index (χ2n) is 1.98. The van der Waals surface area contributed by atoms with Crippen molar-refractivity contribution in [1.82, 2.24) is 0 Å². The van der Waals surface area contributed by atoms with Crippen LogP contribution in [0.1, 0.15) is 13.8 Å². The van der Waals surface area contributed by atoms with Gasteiger partial charge < -0.3 is 4.79 Å². The number of carbonyl (C=O) groups excluding carboxylic acids is 1. The molecule has 0 amide bonds. The van der Waals surface area contributed by atoms with E-state index in [9.17, 15) is 9.70 Å². The molecule has 1 unspecified atom stereocenters. The Morgan fingerprint density at radius 3 is 2.00 bits per heavy atom. The fourth-order valence-electron chi connectivity index (χ4n) is 0.304. The highest BCUT2D eigenvalue weighted by molar-refractivity contribution is 5.57. The topological polar surface area (TPSA) is 46.5 Å². The maximum absolute atomic E-state index is 9.88. The van der Waals surface area contributed by atoms with Gasteiger partial charge in [0.1, 0.15) is 12.3 Å². The number of hydrogen-bond acceptors (Lipinski definition) is 3. The van der Waals surface area contributed by atoms with E-state index in [1.165, 1.54) is 0 Å². The molecule has 0 saturated heterocycles. The van der Waals surface area contributed by atoms with Gasteiger partial charge in [-0.25, -0.2) is 0 Å². The SMILES string of the molecule is CC(C)C(C=O)N=O. The van der Waals surface area contributed by atoms with Gasteiger partial charge in [0.05, 0.1) is 0 Å². The van der Waals surface area contributed by atoms with Crippen molar-refractivity contribution < 1.29 is 4.79 Å². The van der Waals surface area contributed by atoms with Crippen LogP contribution in [0.2, 0.25) is 0 Å². The Hall–Kier alpha value is -0.730. The minimum atomic E-state index is -0.657. The quantitative estimate of drug-likeness (QED) is 0.406. The average molecular weight is 115 g/mol. The highest BCUT2D eigenvalue weighted by Gasteiger charge is 2.10. The molecule has 8 heavy (non-hydrogen) atoms. The number of rotatable bonds is 3. The second-order valence-corrected chi connectivity index (χ2v) is 1.98. The van der Waals surface area contributed by atoms with Crippen molar-refractivity contribution in [2.45, 2.75) is 19.9 Å². The molecule has 0 aromatic carbocycles. The molecule has 0 aliphatic rings. The van der Waals surface area contributed by atoms with E-state index in [1.54, 1.807) is 13.8 Å². The van der Waals surface area contributed by atoms with Gasteiger partial charge in [0, 0.05) is 0 Å². The van der Waals surface area contributed by atoms with Gasteiger partial charge in [0.15, 0.2) is 0 Å². The van der Waals surface area contributed by atoms with Crippen molar-refractivity contribution in [3.05, 3.63) is 4.91 Å². The van der Waals surface area contributed by atoms with E-state index in [0.29, 0.717) is 6.29 Å². The smallest absolute Gasteiger partial charge is 0.149 e. The van der Waals surface area contributed by atoms with Crippen LogP contribution in [0.5, 0.6) is 0 Å². The van der Waals surface area contributed by atoms with Gasteiger partial charge in [-0.15, -0.1) is 0 Å². The minimum Gasteiger partial charge on any atom is -0.301 e. The lowest BCUT2D eigenvalue weighted by Crippen LogP contribution is -2.12. The first-order valence-electron chi connectivity index (χ1n) is 2.50. The van der Waals surface area contributed by atoms with Gasteiger partial charge >= 0.3 is 0 Å². The predicted molar refractivity (Wildman–Crippen MR) is 30.5 cm³/mol. The van der Waals surface area contributed by atoms with Crippen molar-refractivity contribution in [2.75, 3.05) is 0 Å². The lowest BCUT2D eigenvalue weighted by molar-refractivity contribution is -0.109. The summed E-state index contributed by atoms with van der Waals surface area (Å²) in [6.07, 6.45) is 0.567. The molecule has 0 saturated carbocycles. The van der Waals surface area contributed by atoms with Crippen molar-refractivity contribution in [1.29, 1.82) is 0 Å². The summed E-state index contributed by atoms with van der Waals surface area (Å²) < 4.78 is 0. The number of aldehydes is 1. The van der Waals surface area contributed by atoms with Crippen LogP contribution in [0, 0.1) is 10.8 Å². The highest BCUT2D eigenvalue weighted by Crippen LogP contribution is 2.01. The van der Waals surface area contributed by atoms with E-state index in [4.69, 9.17) is 0 Å². The van der Waals surface area contributed by atoms with E-state index < -0.39 is 6.04 Å². The van der Waals surface area contributed by atoms with Gasteiger partial charge in [-0.1, -0.05) is 19.0 Å². The van der Waals surface area contributed by atoms with Crippen LogP contribution in [0.15, 0.2) is 5.18 Å². The Labute approximate surface area is 48.1 Å². The summed E-state index contributed by atoms with van der Waals surface area (Å²) in [5.74, 6) is 0.0324. The predicted octanol–water partition coefficient (Wildman–Crippen LogP) is 0.976. The van der Waals surface area contributed by atoms with Crippen LogP contribution in [0.25, 0.3) is 0 Å². The molecule has 1 atom stereocenters. The summed E-state index contributed by atoms with van der Waals surface area (Å²) in [5, 5.41) is 2.59. The largest absolute Gasteiger partial charge is 0.301 e. The zero-order valence-electron chi connectivity index (χ0n) is 5.00. The fourth-order valence-corrected chi connectivity index (χ4v) is 0.304. The Morgan fingerprint density at radius 2 is 2.00 bits per heavy atom. The summed E-state index contributed by atoms with van der Waals surface area (Å²) in [7, 11) is 0. The first-order valence-corrected chi connectivity index (χ1v) is 2.50. The molecule has 0 radical (unpaired) electrons. The van der Waals surface area contributed by atoms with Crippen molar-refractivity contribution in [2.24, 2.45) is 11.1 Å². The molecule has 3 nitrogen and oxygen atoms in total. The number of carbonyl (C=O) groups is 1. The summed E-state index contributed by atoms with van der Waals surface area (Å²) in [6.45, 7) is 3.56. The van der Waals surface area contributed by atoms with Crippen LogP contribution in [-0.2, 0) is 4.79 Å². The molecule has 0 heterocycles. The van der Waals surface area contributed by atoms with Crippen molar-refractivity contribution >= 4 is 6.29 Å². The molecule has 0 aromatic rings. The van der Waals surface area contributed by atoms with Crippen molar-refractivity contribution in [3.63, 3.8) is 0 Å². The first-order chi connectivity index (χ1) is 3.72. The normalized spacial score (nSPS) is 13.4. The summed E-state index contributed by atoms with van der Waals surface area (Å²) in [6, 6.07) is -0.657. The Balaban J connectivity index is 3.68. The van der Waals surface area contributed by atoms with Crippen LogP contribution in [0.3, 0.4) is 0 Å². The van der Waals surface area contributed by atoms with E-state index >= 15 is 0 Å². The van der Waals surface area contributed by atoms with Gasteiger partial charge in [-0.3, -0.25) is 0 Å². The Morgan fingerprint density at radius 1 is 1.50 bits per heavy atom. The van der Waals surface area contributed by atoms with Gasteiger partial charge in [0.25, 0.3) is 0 Å². The zero-order chi connectivity index (χ0) is 6.57. The molecule has 0 bridgehead atoms. The van der Waals surface area contributed by atoms with E-state index in [1.807, 2.05) is 0 Å². The molecule has 0 aliphatic heterocycles. The third kappa shape index (κ3) is 1.82. The lowest BCUT2D eigenvalue weighted by atomic mass is 10.1. The molecule has 0 rings (SSSR count). The lowest BCUT2D eigenvalue weighted by Gasteiger charge is -2.01. The summed E-state index contributed by atoms with van der Waals surface area (Å²) in [5.41, 5.74) is 0. The first kappa shape index (κ1) is 7.27. The maximum Gasteiger partial charge on any atom is 0.149 e. The molecule has 0 fully saturated rings. The van der Waals surface area contributed by atoms with Gasteiger partial charge in [-0.2, -0.15) is 4.91 Å². The summed E-state index contributed by atoms with van der Waals surface area (Å²) >= 11 is 0. The molecule has 0 aliphatic carbocycles. The van der Waals surface area contributed by atoms with Crippen LogP contribution < -0.4 is 0 Å². The maximum atomic E-state index is 9.88. The van der Waals surface area contributed by atoms with Crippen LogP contribution in [0.4, 0.5) is 0 Å². The van der Waals surface area contributed by atoms with Gasteiger partial charge in [0.2, 0.25) is 0 Å². The molecular weight excluding hydrogens is 106 g/mol. The summed E-state index contributed by atoms with van der Waals surface area (Å²) in [4.78, 5) is 19.6. The van der Waals surface area contributed by atoms with E-state index in [-0.39, 0.29) is 5.92 Å². The molecule has 0 N–H and O–H groups in total. The van der Waals surface area contributed by atoms with Crippen molar-refractivity contribution in [3.8, 4) is 0 Å².